The van der Waals surface area contributed by atoms with Gasteiger partial charge in [-0.15, -0.1) is 0 Å². The molecule has 3 atom stereocenters. The minimum atomic E-state index is -0.917. The van der Waals surface area contributed by atoms with Crippen molar-refractivity contribution in [2.45, 2.75) is 50.7 Å². The average molecular weight is 525 g/mol. The van der Waals surface area contributed by atoms with Crippen molar-refractivity contribution < 1.29 is 19.1 Å². The fraction of sp³-hybridized carbons (Fsp3) is 0.364. The number of fused-ring (bicyclic) bond motifs is 1. The summed E-state index contributed by atoms with van der Waals surface area (Å²) in [6.07, 6.45) is 0.507. The third-order valence-corrected chi connectivity index (χ3v) is 8.06. The first-order valence-corrected chi connectivity index (χ1v) is 13.7. The molecular formula is C33H36N2O4. The van der Waals surface area contributed by atoms with E-state index in [1.54, 1.807) is 25.7 Å². The summed E-state index contributed by atoms with van der Waals surface area (Å²) in [6.45, 7) is 6.13. The average Bonchev–Trinajstić information content (AvgIpc) is 3.39. The van der Waals surface area contributed by atoms with E-state index >= 15 is 0 Å². The lowest BCUT2D eigenvalue weighted by Crippen LogP contribution is -2.47. The molecule has 0 bridgehead atoms. The molecule has 2 aliphatic rings. The Morgan fingerprint density at radius 3 is 1.95 bits per heavy atom. The molecule has 1 saturated heterocycles. The lowest BCUT2D eigenvalue weighted by atomic mass is 9.56. The number of carbonyl (C=O) groups excluding carboxylic acids is 3. The highest BCUT2D eigenvalue weighted by Crippen LogP contribution is 2.52. The standard InChI is InChI=1S/C33H36N2O4/c1-32(2,3)39-31(38)34-29(23-13-7-4-8-14-23)30(37)35-21-26-27(22-35)33(20-19-28(26)36,24-15-9-5-10-16-24)25-17-11-6-12-18-25/h4-18,26-27,29H,19-22H2,1-3H3,(H,34,38)/t26-,27+,29-/m0/s1. The lowest BCUT2D eigenvalue weighted by Gasteiger charge is -2.45. The van der Waals surface area contributed by atoms with E-state index < -0.39 is 23.2 Å². The van der Waals surface area contributed by atoms with Crippen molar-refractivity contribution in [3.8, 4) is 0 Å². The highest BCUT2D eigenvalue weighted by molar-refractivity contribution is 5.89. The SMILES string of the molecule is CC(C)(C)OC(=O)N[C@H](C(=O)N1C[C@@H]2C(=O)CCC(c3ccccc3)(c3ccccc3)[C@@H]2C1)c1ccccc1. The van der Waals surface area contributed by atoms with Crippen LogP contribution < -0.4 is 5.32 Å². The number of rotatable bonds is 5. The minimum Gasteiger partial charge on any atom is -0.444 e. The molecule has 6 heteroatoms. The number of amides is 2. The molecule has 2 fully saturated rings. The Morgan fingerprint density at radius 1 is 0.872 bits per heavy atom. The summed E-state index contributed by atoms with van der Waals surface area (Å²) in [5, 5.41) is 2.81. The first-order valence-electron chi connectivity index (χ1n) is 13.7. The summed E-state index contributed by atoms with van der Waals surface area (Å²) >= 11 is 0. The summed E-state index contributed by atoms with van der Waals surface area (Å²) in [6, 6.07) is 29.0. The van der Waals surface area contributed by atoms with Gasteiger partial charge in [-0.2, -0.15) is 0 Å². The zero-order chi connectivity index (χ0) is 27.6. The Kier molecular flexibility index (Phi) is 7.30. The molecule has 39 heavy (non-hydrogen) atoms. The number of ether oxygens (including phenoxy) is 1. The number of Topliss-reactive ketones (excluding diaryl/α,β-unsaturated/α-hetero) is 1. The predicted octanol–water partition coefficient (Wildman–Crippen LogP) is 5.68. The Labute approximate surface area is 230 Å². The van der Waals surface area contributed by atoms with Gasteiger partial charge in [0.1, 0.15) is 17.4 Å². The fourth-order valence-corrected chi connectivity index (χ4v) is 6.40. The van der Waals surface area contributed by atoms with E-state index in [1.807, 2.05) is 66.7 Å². The van der Waals surface area contributed by atoms with E-state index in [9.17, 15) is 14.4 Å². The summed E-state index contributed by atoms with van der Waals surface area (Å²) in [5.74, 6) is -0.384. The van der Waals surface area contributed by atoms with Crippen molar-refractivity contribution in [3.63, 3.8) is 0 Å². The van der Waals surface area contributed by atoms with Gasteiger partial charge in [0.15, 0.2) is 0 Å². The monoisotopic (exact) mass is 524 g/mol. The van der Waals surface area contributed by atoms with Crippen LogP contribution in [0.1, 0.15) is 56.3 Å². The number of likely N-dealkylation sites (tertiary alicyclic amines) is 1. The Hall–Kier alpha value is -3.93. The van der Waals surface area contributed by atoms with E-state index in [2.05, 4.69) is 29.6 Å². The third-order valence-electron chi connectivity index (χ3n) is 8.06. The van der Waals surface area contributed by atoms with Crippen molar-refractivity contribution >= 4 is 17.8 Å². The number of hydrogen-bond donors (Lipinski definition) is 1. The van der Waals surface area contributed by atoms with Gasteiger partial charge in [0, 0.05) is 36.8 Å². The summed E-state index contributed by atoms with van der Waals surface area (Å²) in [5.41, 5.74) is 1.91. The molecule has 0 radical (unpaired) electrons. The molecule has 3 aromatic rings. The maximum atomic E-state index is 14.1. The molecule has 0 aromatic heterocycles. The Morgan fingerprint density at radius 2 is 1.41 bits per heavy atom. The highest BCUT2D eigenvalue weighted by Gasteiger charge is 2.55. The van der Waals surface area contributed by atoms with E-state index in [0.29, 0.717) is 31.5 Å². The molecule has 1 aliphatic carbocycles. The number of carbonyl (C=O) groups is 3. The maximum absolute atomic E-state index is 14.1. The molecule has 1 heterocycles. The third kappa shape index (κ3) is 5.33. The van der Waals surface area contributed by atoms with Gasteiger partial charge in [-0.3, -0.25) is 9.59 Å². The topological polar surface area (TPSA) is 75.7 Å². The van der Waals surface area contributed by atoms with Gasteiger partial charge in [-0.1, -0.05) is 91.0 Å². The number of benzene rings is 3. The molecule has 2 amide bonds. The Bertz CT molecular complexity index is 1280. The van der Waals surface area contributed by atoms with Crippen LogP contribution in [0.15, 0.2) is 91.0 Å². The van der Waals surface area contributed by atoms with Crippen LogP contribution in [0.4, 0.5) is 4.79 Å². The molecule has 1 aliphatic heterocycles. The zero-order valence-corrected chi connectivity index (χ0v) is 22.8. The van der Waals surface area contributed by atoms with Crippen LogP contribution in [-0.4, -0.2) is 41.4 Å². The van der Waals surface area contributed by atoms with Crippen molar-refractivity contribution in [2.24, 2.45) is 11.8 Å². The van der Waals surface area contributed by atoms with Crippen molar-refractivity contribution in [2.75, 3.05) is 13.1 Å². The summed E-state index contributed by atoms with van der Waals surface area (Å²) in [4.78, 5) is 42.0. The van der Waals surface area contributed by atoms with E-state index in [-0.39, 0.29) is 23.5 Å². The van der Waals surface area contributed by atoms with Crippen molar-refractivity contribution in [1.29, 1.82) is 0 Å². The number of ketones is 1. The second kappa shape index (κ2) is 10.7. The van der Waals surface area contributed by atoms with Crippen LogP contribution in [-0.2, 0) is 19.7 Å². The first-order chi connectivity index (χ1) is 18.7. The number of nitrogens with one attached hydrogen (secondary N) is 1. The second-order valence-corrected chi connectivity index (χ2v) is 11.6. The van der Waals surface area contributed by atoms with E-state index in [4.69, 9.17) is 4.74 Å². The summed E-state index contributed by atoms with van der Waals surface area (Å²) < 4.78 is 5.49. The molecule has 0 unspecified atom stereocenters. The highest BCUT2D eigenvalue weighted by atomic mass is 16.6. The molecule has 3 aromatic carbocycles. The molecule has 0 spiro atoms. The molecule has 6 nitrogen and oxygen atoms in total. The van der Waals surface area contributed by atoms with Crippen LogP contribution in [0.25, 0.3) is 0 Å². The quantitative estimate of drug-likeness (QED) is 0.466. The van der Waals surface area contributed by atoms with Gasteiger partial charge in [0.2, 0.25) is 5.91 Å². The molecule has 1 N–H and O–H groups in total. The van der Waals surface area contributed by atoms with Gasteiger partial charge in [0.05, 0.1) is 0 Å². The van der Waals surface area contributed by atoms with Crippen LogP contribution in [0.3, 0.4) is 0 Å². The van der Waals surface area contributed by atoms with Crippen LogP contribution in [0.5, 0.6) is 0 Å². The van der Waals surface area contributed by atoms with Crippen LogP contribution in [0, 0.1) is 11.8 Å². The van der Waals surface area contributed by atoms with E-state index in [0.717, 1.165) is 0 Å². The van der Waals surface area contributed by atoms with E-state index in [1.165, 1.54) is 11.1 Å². The maximum Gasteiger partial charge on any atom is 0.408 e. The van der Waals surface area contributed by atoms with Crippen LogP contribution in [0.2, 0.25) is 0 Å². The zero-order valence-electron chi connectivity index (χ0n) is 22.8. The molecule has 5 rings (SSSR count). The molecular weight excluding hydrogens is 488 g/mol. The number of hydrogen-bond acceptors (Lipinski definition) is 4. The largest absolute Gasteiger partial charge is 0.444 e. The normalized spacial score (nSPS) is 21.1. The number of nitrogens with zero attached hydrogens (tertiary/aromatic N) is 1. The van der Waals surface area contributed by atoms with Crippen molar-refractivity contribution in [3.05, 3.63) is 108 Å². The fourth-order valence-electron chi connectivity index (χ4n) is 6.40. The second-order valence-electron chi connectivity index (χ2n) is 11.6. The minimum absolute atomic E-state index is 0.0783. The van der Waals surface area contributed by atoms with Crippen molar-refractivity contribution in [1.82, 2.24) is 10.2 Å². The Balaban J connectivity index is 1.50. The molecule has 1 saturated carbocycles. The van der Waals surface area contributed by atoms with Gasteiger partial charge >= 0.3 is 6.09 Å². The first kappa shape index (κ1) is 26.7. The van der Waals surface area contributed by atoms with Gasteiger partial charge < -0.3 is 15.0 Å². The van der Waals surface area contributed by atoms with Gasteiger partial charge in [0.25, 0.3) is 0 Å². The van der Waals surface area contributed by atoms with Gasteiger partial charge in [-0.05, 0) is 43.9 Å². The van der Waals surface area contributed by atoms with Gasteiger partial charge in [-0.25, -0.2) is 4.79 Å². The van der Waals surface area contributed by atoms with Crippen LogP contribution >= 0.6 is 0 Å². The number of alkyl carbamates (subject to hydrolysis) is 1. The molecule has 202 valence electrons. The lowest BCUT2D eigenvalue weighted by molar-refractivity contribution is -0.133. The summed E-state index contributed by atoms with van der Waals surface area (Å²) in [7, 11) is 0. The smallest absolute Gasteiger partial charge is 0.408 e. The predicted molar refractivity (Wildman–Crippen MR) is 150 cm³/mol.